The molecule has 7 nitrogen and oxygen atoms in total. The summed E-state index contributed by atoms with van der Waals surface area (Å²) in [7, 11) is 3.26. The lowest BCUT2D eigenvalue weighted by Crippen LogP contribution is -2.19. The third kappa shape index (κ3) is 4.36. The Labute approximate surface area is 202 Å². The number of ether oxygens (including phenoxy) is 3. The van der Waals surface area contributed by atoms with Gasteiger partial charge >= 0.3 is 0 Å². The molecule has 1 aromatic heterocycles. The van der Waals surface area contributed by atoms with Gasteiger partial charge in [-0.15, -0.1) is 10.2 Å². The molecule has 0 bridgehead atoms. The van der Waals surface area contributed by atoms with Crippen molar-refractivity contribution in [2.24, 2.45) is 5.10 Å². The predicted molar refractivity (Wildman–Crippen MR) is 132 cm³/mol. The van der Waals surface area contributed by atoms with Crippen molar-refractivity contribution in [2.45, 2.75) is 23.9 Å². The van der Waals surface area contributed by atoms with E-state index in [0.717, 1.165) is 27.7 Å². The van der Waals surface area contributed by atoms with Gasteiger partial charge < -0.3 is 14.2 Å². The van der Waals surface area contributed by atoms with Gasteiger partial charge in [-0.05, 0) is 42.8 Å². The quantitative estimate of drug-likeness (QED) is 0.364. The van der Waals surface area contributed by atoms with E-state index < -0.39 is 0 Å². The first-order valence-electron chi connectivity index (χ1n) is 10.8. The molecule has 1 aliphatic heterocycles. The standard InChI is InChI=1S/C26H24N4O3S/c1-17-9-12-20(13-10-17)33-16-23-27-28-26-30(23)29-24(25(34-26)18-7-5-4-6-8-18)19-11-14-21(31-2)22(15-19)32-3/h4-15,25H,16H2,1-3H3/t25-/m1/s1. The van der Waals surface area contributed by atoms with Gasteiger partial charge in [0, 0.05) is 5.56 Å². The van der Waals surface area contributed by atoms with Crippen LogP contribution >= 0.6 is 11.8 Å². The Balaban J connectivity index is 1.53. The van der Waals surface area contributed by atoms with Gasteiger partial charge in [-0.2, -0.15) is 9.78 Å². The summed E-state index contributed by atoms with van der Waals surface area (Å²) in [5.74, 6) is 2.73. The van der Waals surface area contributed by atoms with E-state index in [1.807, 2.05) is 67.6 Å². The Hall–Kier alpha value is -3.78. The van der Waals surface area contributed by atoms with Crippen molar-refractivity contribution >= 4 is 17.5 Å². The molecule has 5 rings (SSSR count). The number of hydrogen-bond acceptors (Lipinski definition) is 7. The normalized spacial score (nSPS) is 14.8. The zero-order valence-electron chi connectivity index (χ0n) is 19.1. The molecular weight excluding hydrogens is 448 g/mol. The summed E-state index contributed by atoms with van der Waals surface area (Å²) in [6.07, 6.45) is 0. The first-order valence-corrected chi connectivity index (χ1v) is 11.7. The van der Waals surface area contributed by atoms with Crippen molar-refractivity contribution in [3.8, 4) is 17.2 Å². The Morgan fingerprint density at radius 3 is 2.38 bits per heavy atom. The molecule has 3 aromatic carbocycles. The fourth-order valence-corrected chi connectivity index (χ4v) is 4.85. The highest BCUT2D eigenvalue weighted by atomic mass is 32.2. The highest BCUT2D eigenvalue weighted by molar-refractivity contribution is 8.00. The zero-order valence-corrected chi connectivity index (χ0v) is 20.0. The van der Waals surface area contributed by atoms with Crippen LogP contribution in [-0.2, 0) is 6.61 Å². The van der Waals surface area contributed by atoms with E-state index in [0.29, 0.717) is 17.3 Å². The fraction of sp³-hybridized carbons (Fsp3) is 0.192. The monoisotopic (exact) mass is 472 g/mol. The van der Waals surface area contributed by atoms with Gasteiger partial charge in [0.2, 0.25) is 5.16 Å². The molecule has 34 heavy (non-hydrogen) atoms. The fourth-order valence-electron chi connectivity index (χ4n) is 3.72. The number of aryl methyl sites for hydroxylation is 1. The van der Waals surface area contributed by atoms with Crippen LogP contribution in [0.25, 0.3) is 0 Å². The average Bonchev–Trinajstić information content (AvgIpc) is 3.29. The van der Waals surface area contributed by atoms with E-state index in [-0.39, 0.29) is 11.9 Å². The highest BCUT2D eigenvalue weighted by Gasteiger charge is 2.30. The molecule has 0 spiro atoms. The summed E-state index contributed by atoms with van der Waals surface area (Å²) in [5, 5.41) is 14.4. The second-order valence-electron chi connectivity index (χ2n) is 7.78. The minimum Gasteiger partial charge on any atom is -0.493 e. The molecule has 0 fully saturated rings. The predicted octanol–water partition coefficient (Wildman–Crippen LogP) is 5.28. The third-order valence-corrected chi connectivity index (χ3v) is 6.72. The van der Waals surface area contributed by atoms with Gasteiger partial charge in [0.05, 0.1) is 25.2 Å². The Bertz CT molecular complexity index is 1320. The Morgan fingerprint density at radius 2 is 1.65 bits per heavy atom. The molecule has 1 aliphatic rings. The maximum Gasteiger partial charge on any atom is 0.213 e. The van der Waals surface area contributed by atoms with E-state index in [4.69, 9.17) is 19.3 Å². The van der Waals surface area contributed by atoms with Crippen molar-refractivity contribution in [1.29, 1.82) is 0 Å². The third-order valence-electron chi connectivity index (χ3n) is 5.53. The van der Waals surface area contributed by atoms with Crippen molar-refractivity contribution in [3.63, 3.8) is 0 Å². The van der Waals surface area contributed by atoms with Crippen LogP contribution in [0.1, 0.15) is 27.8 Å². The maximum atomic E-state index is 5.95. The minimum atomic E-state index is -0.0538. The van der Waals surface area contributed by atoms with Gasteiger partial charge in [-0.1, -0.05) is 59.8 Å². The molecule has 0 saturated heterocycles. The maximum absolute atomic E-state index is 5.95. The second kappa shape index (κ2) is 9.61. The van der Waals surface area contributed by atoms with Crippen LogP contribution in [0, 0.1) is 6.92 Å². The topological polar surface area (TPSA) is 70.8 Å². The summed E-state index contributed by atoms with van der Waals surface area (Å²) < 4.78 is 18.7. The van der Waals surface area contributed by atoms with Gasteiger partial charge in [0.15, 0.2) is 17.3 Å². The van der Waals surface area contributed by atoms with Crippen molar-refractivity contribution < 1.29 is 14.2 Å². The summed E-state index contributed by atoms with van der Waals surface area (Å²) in [4.78, 5) is 0. The van der Waals surface area contributed by atoms with Crippen LogP contribution in [0.2, 0.25) is 0 Å². The lowest BCUT2D eigenvalue weighted by Gasteiger charge is -2.24. The van der Waals surface area contributed by atoms with E-state index in [1.165, 1.54) is 5.56 Å². The van der Waals surface area contributed by atoms with Crippen LogP contribution < -0.4 is 14.2 Å². The van der Waals surface area contributed by atoms with Crippen molar-refractivity contribution in [2.75, 3.05) is 14.2 Å². The molecule has 0 unspecified atom stereocenters. The number of nitrogens with zero attached hydrogens (tertiary/aromatic N) is 4. The molecule has 2 heterocycles. The molecule has 0 amide bonds. The van der Waals surface area contributed by atoms with E-state index in [9.17, 15) is 0 Å². The smallest absolute Gasteiger partial charge is 0.213 e. The van der Waals surface area contributed by atoms with E-state index >= 15 is 0 Å². The number of aromatic nitrogens is 3. The average molecular weight is 473 g/mol. The van der Waals surface area contributed by atoms with E-state index in [2.05, 4.69) is 22.3 Å². The molecule has 172 valence electrons. The number of benzene rings is 3. The molecular formula is C26H24N4O3S. The molecule has 4 aromatic rings. The Morgan fingerprint density at radius 1 is 0.882 bits per heavy atom. The van der Waals surface area contributed by atoms with Crippen LogP contribution in [0.4, 0.5) is 0 Å². The summed E-state index contributed by atoms with van der Waals surface area (Å²) in [6, 6.07) is 24.0. The van der Waals surface area contributed by atoms with E-state index in [1.54, 1.807) is 30.7 Å². The first kappa shape index (κ1) is 22.0. The molecule has 0 aliphatic carbocycles. The Kier molecular flexibility index (Phi) is 6.22. The number of hydrogen-bond donors (Lipinski definition) is 0. The van der Waals surface area contributed by atoms with Crippen LogP contribution in [0.15, 0.2) is 83.1 Å². The molecule has 0 N–H and O–H groups in total. The number of rotatable bonds is 7. The van der Waals surface area contributed by atoms with Crippen molar-refractivity contribution in [3.05, 3.63) is 95.3 Å². The minimum absolute atomic E-state index is 0.0538. The summed E-state index contributed by atoms with van der Waals surface area (Å²) in [5.41, 5.74) is 4.12. The molecule has 1 atom stereocenters. The van der Waals surface area contributed by atoms with Gasteiger partial charge in [-0.25, -0.2) is 0 Å². The molecule has 8 heteroatoms. The van der Waals surface area contributed by atoms with Crippen molar-refractivity contribution in [1.82, 2.24) is 14.9 Å². The lowest BCUT2D eigenvalue weighted by atomic mass is 10.0. The second-order valence-corrected chi connectivity index (χ2v) is 8.85. The van der Waals surface area contributed by atoms with Crippen LogP contribution in [-0.4, -0.2) is 34.8 Å². The van der Waals surface area contributed by atoms with Gasteiger partial charge in [0.1, 0.15) is 12.4 Å². The molecule has 0 radical (unpaired) electrons. The van der Waals surface area contributed by atoms with Crippen LogP contribution in [0.3, 0.4) is 0 Å². The van der Waals surface area contributed by atoms with Crippen LogP contribution in [0.5, 0.6) is 17.2 Å². The van der Waals surface area contributed by atoms with Gasteiger partial charge in [0.25, 0.3) is 0 Å². The first-order chi connectivity index (χ1) is 16.7. The number of fused-ring (bicyclic) bond motifs is 1. The zero-order chi connectivity index (χ0) is 23.5. The highest BCUT2D eigenvalue weighted by Crippen LogP contribution is 2.42. The summed E-state index contributed by atoms with van der Waals surface area (Å²) >= 11 is 1.61. The summed E-state index contributed by atoms with van der Waals surface area (Å²) in [6.45, 7) is 2.30. The molecule has 0 saturated carbocycles. The van der Waals surface area contributed by atoms with Gasteiger partial charge in [-0.3, -0.25) is 0 Å². The largest absolute Gasteiger partial charge is 0.493 e. The number of methoxy groups -OCH3 is 2. The number of thioether (sulfide) groups is 1. The lowest BCUT2D eigenvalue weighted by molar-refractivity contribution is 0.289. The SMILES string of the molecule is COc1ccc(C2=Nn3c(COc4ccc(C)cc4)nnc3S[C@@H]2c2ccccc2)cc1OC.